The van der Waals surface area contributed by atoms with Crippen LogP contribution in [-0.2, 0) is 47.8 Å². The molecule has 5 N–H and O–H groups in total. The molecule has 12 aromatic rings. The molecule has 4 saturated heterocycles. The number of nitrogens with two attached hydrogens (primary N) is 1. The van der Waals surface area contributed by atoms with Crippen molar-refractivity contribution in [2.24, 2.45) is 34.3 Å². The van der Waals surface area contributed by atoms with Crippen molar-refractivity contribution in [3.63, 3.8) is 0 Å². The molecule has 4 amide bonds. The van der Waals surface area contributed by atoms with Gasteiger partial charge in [-0.05, 0) is 282 Å². The van der Waals surface area contributed by atoms with E-state index in [2.05, 4.69) is 174 Å². The Morgan fingerprint density at radius 1 is 0.524 bits per heavy atom. The Balaban J connectivity index is 0.000000191. The highest BCUT2D eigenvalue weighted by Gasteiger charge is 2.48. The fourth-order valence-corrected chi connectivity index (χ4v) is 22.7. The van der Waals surface area contributed by atoms with E-state index in [0.717, 1.165) is 215 Å². The number of nitrogens with zero attached hydrogens (tertiary/aromatic N) is 14. The minimum atomic E-state index is -0.864. The van der Waals surface area contributed by atoms with Gasteiger partial charge in [-0.1, -0.05) is 125 Å². The molecule has 4 aliphatic rings. The molecule has 0 aliphatic carbocycles. The number of aliphatic carboxylic acids is 1. The average Bonchev–Trinajstić information content (AvgIpc) is 0.914. The number of aryl methyl sites for hydroxylation is 8. The summed E-state index contributed by atoms with van der Waals surface area (Å²) in [6, 6.07) is 39.0. The molecule has 34 heteroatoms. The molecule has 0 unspecified atom stereocenters. The van der Waals surface area contributed by atoms with Gasteiger partial charge in [0.05, 0.1) is 112 Å². The minimum Gasteiger partial charge on any atom is -0.480 e. The number of hydrogen-bond donors (Lipinski definition) is 4. The van der Waals surface area contributed by atoms with E-state index in [1.807, 2.05) is 183 Å². The summed E-state index contributed by atoms with van der Waals surface area (Å²) in [6.07, 6.45) is 16.2. The number of benzene rings is 6. The Hall–Kier alpha value is -12.2. The standard InChI is InChI=1S/C56H67BrN8O6S.C30H34BrN5O3.C25H34N4O4S/c1-34-10-11-43(52-36(3)61-71-38(52)5)26-50(34)64(44-16-17-49(48(57)27-44)63-25-21-58-32-63)24-20-40-18-22-62(23-19-40)30-45(67)28-47(56(7,8)9)55(69)65-31-46(70-39(6)66)29-51(65)54(68)60-35(2)41-12-14-42(15-13-41)53-37(4)59-33-72-53;1-20-4-5-24(30-21(2)33-39-22(30)3)16-28(20)36(14-10-23-8-12-34(13-9-23)18-29(37)38)25-6-7-27(26(31)17-25)35-15-11-32-19-35;1-14(17-7-9-18(10-8-17)21-15(2)27-13-34-21)28-23(31)20-11-19(33-16(3)30)12-29(20)24(32)22(26)25(4,5)6/h10-17,21,25-27,32-33,35,40,46-47,51H,18-20,22-24,28-31H2,1-9H3,(H,60,68);4-7,11,15-17,19,23H,8-10,12-14,18H2,1-3H3,(H,37,38);7-10,13-14,19-20,22H,11-12,26H2,1-6H3,(H,28,31)/t35-,46+,47+,51-;;14-,19+,20-,22+/m0.0/s1. The van der Waals surface area contributed by atoms with E-state index in [4.69, 9.17) is 29.4 Å². The number of Topliss-reactive ketones (excluding diaryl/α,β-unsaturated/α-hetero) is 1. The zero-order chi connectivity index (χ0) is 104. The van der Waals surface area contributed by atoms with Gasteiger partial charge in [0.2, 0.25) is 23.6 Å². The van der Waals surface area contributed by atoms with Crippen molar-refractivity contribution in [3.05, 3.63) is 235 Å². The third-order valence-electron chi connectivity index (χ3n) is 28.3. The number of thiazole rings is 2. The van der Waals surface area contributed by atoms with Crippen molar-refractivity contribution in [2.45, 2.75) is 225 Å². The number of imidazole rings is 2. The van der Waals surface area contributed by atoms with E-state index in [0.29, 0.717) is 11.8 Å². The van der Waals surface area contributed by atoms with Gasteiger partial charge in [-0.15, -0.1) is 22.7 Å². The van der Waals surface area contributed by atoms with Gasteiger partial charge in [-0.25, -0.2) is 19.9 Å². The van der Waals surface area contributed by atoms with E-state index in [1.165, 1.54) is 24.3 Å². The molecule has 8 atom stereocenters. The van der Waals surface area contributed by atoms with Gasteiger partial charge in [0.15, 0.2) is 0 Å². The first-order chi connectivity index (χ1) is 69.0. The van der Waals surface area contributed by atoms with Gasteiger partial charge in [0.25, 0.3) is 0 Å². The number of rotatable bonds is 32. The van der Waals surface area contributed by atoms with Crippen LogP contribution in [0.3, 0.4) is 0 Å². The molecule has 6 aromatic heterocycles. The van der Waals surface area contributed by atoms with Crippen LogP contribution in [0.2, 0.25) is 0 Å². The largest absolute Gasteiger partial charge is 0.480 e. The number of ether oxygens (including phenoxy) is 2. The number of likely N-dealkylation sites (tertiary alicyclic amines) is 4. The predicted molar refractivity (Wildman–Crippen MR) is 573 cm³/mol. The first kappa shape index (κ1) is 109. The molecule has 30 nitrogen and oxygen atoms in total. The molecule has 0 saturated carbocycles. The lowest BCUT2D eigenvalue weighted by Crippen LogP contribution is -2.55. The lowest BCUT2D eigenvalue weighted by Gasteiger charge is -2.36. The van der Waals surface area contributed by atoms with Crippen molar-refractivity contribution in [1.82, 2.24) is 69.6 Å². The maximum absolute atomic E-state index is 14.7. The zero-order valence-electron chi connectivity index (χ0n) is 86.1. The zero-order valence-corrected chi connectivity index (χ0v) is 90.9. The highest BCUT2D eigenvalue weighted by atomic mass is 79.9. The third-order valence-corrected chi connectivity index (χ3v) is 31.5. The number of amides is 4. The highest BCUT2D eigenvalue weighted by molar-refractivity contribution is 9.11. The van der Waals surface area contributed by atoms with Crippen LogP contribution in [0.5, 0.6) is 0 Å². The second-order valence-corrected chi connectivity index (χ2v) is 44.4. The number of esters is 2. The maximum atomic E-state index is 14.7. The summed E-state index contributed by atoms with van der Waals surface area (Å²) in [6.45, 7) is 39.6. The molecule has 4 fully saturated rings. The van der Waals surface area contributed by atoms with Crippen LogP contribution >= 0.6 is 54.5 Å². The maximum Gasteiger partial charge on any atom is 0.317 e. The number of carbonyl (C=O) groups excluding carboxylic acids is 7. The van der Waals surface area contributed by atoms with Gasteiger partial charge in [-0.3, -0.25) is 48.2 Å². The van der Waals surface area contributed by atoms with Crippen LogP contribution < -0.4 is 26.2 Å². The second-order valence-electron chi connectivity index (χ2n) is 41.0. The van der Waals surface area contributed by atoms with Crippen LogP contribution in [0.25, 0.3) is 54.5 Å². The first-order valence-corrected chi connectivity index (χ1v) is 53.1. The molecule has 16 rings (SSSR count). The number of hydrogen-bond acceptors (Lipinski definition) is 25. The number of nitrogens with one attached hydrogen (secondary N) is 2. The van der Waals surface area contributed by atoms with E-state index in [9.17, 15) is 38.4 Å². The van der Waals surface area contributed by atoms with Crippen LogP contribution in [-0.4, -0.2) is 207 Å². The van der Waals surface area contributed by atoms with Crippen molar-refractivity contribution in [2.75, 3.05) is 75.2 Å². The molecular weight excluding hydrogens is 2000 g/mol. The van der Waals surface area contributed by atoms with Crippen molar-refractivity contribution >= 4 is 125 Å². The van der Waals surface area contributed by atoms with Crippen LogP contribution in [0, 0.1) is 84.0 Å². The fourth-order valence-electron chi connectivity index (χ4n) is 20.0. The summed E-state index contributed by atoms with van der Waals surface area (Å²) in [5.74, 6) is -0.972. The number of carboxylic acid groups (broad SMARTS) is 1. The van der Waals surface area contributed by atoms with Crippen LogP contribution in [0.1, 0.15) is 196 Å². The molecule has 0 radical (unpaired) electrons. The average molecular weight is 2140 g/mol. The molecule has 145 heavy (non-hydrogen) atoms. The Bertz CT molecular complexity index is 6490. The summed E-state index contributed by atoms with van der Waals surface area (Å²) in [5, 5.41) is 23.7. The van der Waals surface area contributed by atoms with Crippen LogP contribution in [0.4, 0.5) is 22.7 Å². The fraction of sp³-hybridized carbons (Fsp3) is 0.441. The molecule has 10 heterocycles. The molecule has 768 valence electrons. The lowest BCUT2D eigenvalue weighted by atomic mass is 9.76. The van der Waals surface area contributed by atoms with Gasteiger partial charge in [0.1, 0.15) is 41.6 Å². The predicted octanol–water partition coefficient (Wildman–Crippen LogP) is 20.7. The van der Waals surface area contributed by atoms with E-state index in [1.54, 1.807) is 52.6 Å². The number of aromatic nitrogens is 8. The topological polar surface area (TPSA) is 358 Å². The van der Waals surface area contributed by atoms with Gasteiger partial charge < -0.3 is 68.7 Å². The Morgan fingerprint density at radius 2 is 0.924 bits per heavy atom. The number of halogens is 2. The van der Waals surface area contributed by atoms with E-state index < -0.39 is 65.0 Å². The normalized spacial score (nSPS) is 17.3. The smallest absolute Gasteiger partial charge is 0.317 e. The SMILES string of the molecule is CC(=O)O[C@@H]1C[C@@H](C(=O)N[C@@H](C)c2ccc(-c3scnc3C)cc2)N(C(=O)[C@@H](CC(=O)CN2CCC(CCN(c3ccc(-n4ccnc4)c(Br)c3)c3cc(-c4c(C)noc4C)ccc3C)CC2)C(C)(C)C)C1.CC(=O)O[C@@H]1C[C@@H](C(=O)N[C@@H](C)c2ccc(-c3scnc3C)cc2)N(C(=O)[C@@H](N)C(C)(C)C)C1.Cc1ccc(-c2c(C)noc2C)cc1N(CCC1CCN(CC(=O)O)CC1)c1ccc(-n2ccnc2)c(Br)c1. The number of carboxylic acids is 1. The van der Waals surface area contributed by atoms with Gasteiger partial charge in [-0.2, -0.15) is 0 Å². The summed E-state index contributed by atoms with van der Waals surface area (Å²) in [7, 11) is 0. The Kier molecular flexibility index (Phi) is 35.9. The Morgan fingerprint density at radius 3 is 1.27 bits per heavy atom. The summed E-state index contributed by atoms with van der Waals surface area (Å²) < 4.78 is 27.9. The number of carbonyl (C=O) groups is 8. The van der Waals surface area contributed by atoms with Crippen LogP contribution in [0.15, 0.2) is 188 Å². The van der Waals surface area contributed by atoms with Gasteiger partial charge in [0, 0.05) is 120 Å². The molecule has 0 bridgehead atoms. The monoisotopic (exact) mass is 2140 g/mol. The van der Waals surface area contributed by atoms with E-state index >= 15 is 0 Å². The molecule has 6 aromatic carbocycles. The second kappa shape index (κ2) is 48.0. The molecular formula is C111H135Br2N17O13S2. The number of ketones is 1. The summed E-state index contributed by atoms with van der Waals surface area (Å²) >= 11 is 10.8. The number of piperidine rings is 2. The quantitative estimate of drug-likeness (QED) is 0.0285. The third kappa shape index (κ3) is 27.2. The number of anilines is 4. The minimum absolute atomic E-state index is 0.00593. The first-order valence-electron chi connectivity index (χ1n) is 49.7. The molecule has 0 spiro atoms. The van der Waals surface area contributed by atoms with Gasteiger partial charge >= 0.3 is 17.9 Å². The van der Waals surface area contributed by atoms with E-state index in [-0.39, 0.29) is 86.9 Å². The highest BCUT2D eigenvalue weighted by Crippen LogP contribution is 2.44. The van der Waals surface area contributed by atoms with Crippen molar-refractivity contribution in [3.8, 4) is 54.5 Å². The Labute approximate surface area is 874 Å². The summed E-state index contributed by atoms with van der Waals surface area (Å²) in [4.78, 5) is 135. The molecule has 4 aliphatic heterocycles. The van der Waals surface area contributed by atoms with Crippen molar-refractivity contribution in [1.29, 1.82) is 0 Å². The van der Waals surface area contributed by atoms with Crippen molar-refractivity contribution < 1.29 is 62.0 Å². The lowest BCUT2D eigenvalue weighted by molar-refractivity contribution is -0.148. The summed E-state index contributed by atoms with van der Waals surface area (Å²) in [5.41, 5.74) is 29.5.